The van der Waals surface area contributed by atoms with Crippen LogP contribution in [0.3, 0.4) is 0 Å². The summed E-state index contributed by atoms with van der Waals surface area (Å²) in [5.41, 5.74) is 1.84. The normalized spacial score (nSPS) is 19.2. The highest BCUT2D eigenvalue weighted by Crippen LogP contribution is 2.19. The van der Waals surface area contributed by atoms with Crippen molar-refractivity contribution in [3.63, 3.8) is 0 Å². The number of rotatable bonds is 1. The summed E-state index contributed by atoms with van der Waals surface area (Å²) in [5, 5.41) is 18.3. The monoisotopic (exact) mass is 246 g/mol. The van der Waals surface area contributed by atoms with Crippen LogP contribution in [-0.4, -0.2) is 24.3 Å². The molecule has 98 valence electrons. The van der Waals surface area contributed by atoms with E-state index in [1.165, 1.54) is 0 Å². The lowest BCUT2D eigenvalue weighted by molar-refractivity contribution is 0.161. The quantitative estimate of drug-likeness (QED) is 0.828. The Morgan fingerprint density at radius 3 is 2.44 bits per heavy atom. The highest BCUT2D eigenvalue weighted by Gasteiger charge is 2.14. The summed E-state index contributed by atoms with van der Waals surface area (Å²) in [5.74, 6) is 0. The molecule has 18 heavy (non-hydrogen) atoms. The van der Waals surface area contributed by atoms with Gasteiger partial charge >= 0.3 is 0 Å². The predicted octanol–water partition coefficient (Wildman–Crippen LogP) is 2.94. The fourth-order valence-corrected chi connectivity index (χ4v) is 2.08. The molecule has 0 bridgehead atoms. The molecule has 0 radical (unpaired) electrons. The molecule has 1 saturated heterocycles. The van der Waals surface area contributed by atoms with Crippen LogP contribution in [0, 0.1) is 11.3 Å². The molecule has 1 aromatic carbocycles. The lowest BCUT2D eigenvalue weighted by Gasteiger charge is -2.22. The Kier molecular flexibility index (Phi) is 6.24. The second-order valence-electron chi connectivity index (χ2n) is 4.23. The molecule has 1 atom stereocenters. The first-order valence-corrected chi connectivity index (χ1v) is 6.73. The van der Waals surface area contributed by atoms with Gasteiger partial charge in [0.2, 0.25) is 0 Å². The highest BCUT2D eigenvalue weighted by atomic mass is 16.3. The summed E-state index contributed by atoms with van der Waals surface area (Å²) in [6.07, 6.45) is 2.61. The number of nitrogens with zero attached hydrogens (tertiary/aromatic N) is 2. The van der Waals surface area contributed by atoms with E-state index in [1.807, 2.05) is 38.1 Å². The van der Waals surface area contributed by atoms with Crippen molar-refractivity contribution in [3.05, 3.63) is 29.8 Å². The average Bonchev–Trinajstić information content (AvgIpc) is 2.66. The summed E-state index contributed by atoms with van der Waals surface area (Å²) in [7, 11) is 0. The van der Waals surface area contributed by atoms with Crippen molar-refractivity contribution in [1.82, 2.24) is 0 Å². The third-order valence-corrected chi connectivity index (χ3v) is 3.06. The van der Waals surface area contributed by atoms with Gasteiger partial charge in [0.15, 0.2) is 0 Å². The van der Waals surface area contributed by atoms with Crippen LogP contribution in [0.5, 0.6) is 0 Å². The van der Waals surface area contributed by atoms with Gasteiger partial charge in [-0.25, -0.2) is 0 Å². The molecule has 1 aliphatic rings. The van der Waals surface area contributed by atoms with E-state index in [0.29, 0.717) is 5.56 Å². The SMILES string of the molecule is CC.N#Cc1ccc(N2CCCC(O)CC2)cc1. The third-order valence-electron chi connectivity index (χ3n) is 3.06. The maximum Gasteiger partial charge on any atom is 0.0991 e. The molecular weight excluding hydrogens is 224 g/mol. The molecule has 3 heteroatoms. The van der Waals surface area contributed by atoms with Crippen molar-refractivity contribution in [2.24, 2.45) is 0 Å². The van der Waals surface area contributed by atoms with E-state index in [1.54, 1.807) is 0 Å². The Balaban J connectivity index is 0.000000771. The summed E-state index contributed by atoms with van der Waals surface area (Å²) in [6.45, 7) is 5.88. The van der Waals surface area contributed by atoms with Gasteiger partial charge in [0.1, 0.15) is 0 Å². The zero-order valence-electron chi connectivity index (χ0n) is 11.3. The van der Waals surface area contributed by atoms with Crippen LogP contribution in [0.15, 0.2) is 24.3 Å². The van der Waals surface area contributed by atoms with Crippen LogP contribution in [0.1, 0.15) is 38.7 Å². The number of aliphatic hydroxyl groups is 1. The Labute approximate surface area is 110 Å². The van der Waals surface area contributed by atoms with Gasteiger partial charge in [-0.2, -0.15) is 5.26 Å². The van der Waals surface area contributed by atoms with Gasteiger partial charge in [-0.15, -0.1) is 0 Å². The van der Waals surface area contributed by atoms with E-state index in [2.05, 4.69) is 11.0 Å². The molecular formula is C15H22N2O. The Morgan fingerprint density at radius 2 is 1.83 bits per heavy atom. The Hall–Kier alpha value is -1.53. The van der Waals surface area contributed by atoms with Crippen molar-refractivity contribution in [3.8, 4) is 6.07 Å². The van der Waals surface area contributed by atoms with Crippen LogP contribution in [-0.2, 0) is 0 Å². The topological polar surface area (TPSA) is 47.3 Å². The number of hydrogen-bond acceptors (Lipinski definition) is 3. The zero-order chi connectivity index (χ0) is 13.4. The van der Waals surface area contributed by atoms with Gasteiger partial charge in [-0.05, 0) is 43.5 Å². The summed E-state index contributed by atoms with van der Waals surface area (Å²) < 4.78 is 0. The number of anilines is 1. The fraction of sp³-hybridized carbons (Fsp3) is 0.533. The molecule has 1 unspecified atom stereocenters. The minimum atomic E-state index is -0.150. The van der Waals surface area contributed by atoms with E-state index >= 15 is 0 Å². The fourth-order valence-electron chi connectivity index (χ4n) is 2.08. The van der Waals surface area contributed by atoms with Gasteiger partial charge in [-0.3, -0.25) is 0 Å². The second kappa shape index (κ2) is 7.73. The molecule has 0 aromatic heterocycles. The Morgan fingerprint density at radius 1 is 1.17 bits per heavy atom. The number of hydrogen-bond donors (Lipinski definition) is 1. The molecule has 1 fully saturated rings. The van der Waals surface area contributed by atoms with Gasteiger partial charge in [0, 0.05) is 18.8 Å². The molecule has 1 aromatic rings. The average molecular weight is 246 g/mol. The smallest absolute Gasteiger partial charge is 0.0991 e. The largest absolute Gasteiger partial charge is 0.393 e. The standard InChI is InChI=1S/C13H16N2O.C2H6/c14-10-11-3-5-12(6-4-11)15-8-1-2-13(16)7-9-15;1-2/h3-6,13,16H,1-2,7-9H2;1-2H3. The molecule has 1 aliphatic heterocycles. The maximum atomic E-state index is 9.57. The van der Waals surface area contributed by atoms with Gasteiger partial charge < -0.3 is 10.0 Å². The van der Waals surface area contributed by atoms with Crippen LogP contribution < -0.4 is 4.90 Å². The lowest BCUT2D eigenvalue weighted by Crippen LogP contribution is -2.24. The van der Waals surface area contributed by atoms with Crippen molar-refractivity contribution < 1.29 is 5.11 Å². The minimum Gasteiger partial charge on any atom is -0.393 e. The van der Waals surface area contributed by atoms with E-state index < -0.39 is 0 Å². The van der Waals surface area contributed by atoms with Gasteiger partial charge in [0.25, 0.3) is 0 Å². The number of benzene rings is 1. The van der Waals surface area contributed by atoms with Gasteiger partial charge in [0.05, 0.1) is 17.7 Å². The first kappa shape index (κ1) is 14.5. The third kappa shape index (κ3) is 4.05. The molecule has 3 nitrogen and oxygen atoms in total. The molecule has 1 N–H and O–H groups in total. The summed E-state index contributed by atoms with van der Waals surface area (Å²) in [4.78, 5) is 2.28. The van der Waals surface area contributed by atoms with Crippen molar-refractivity contribution >= 4 is 5.69 Å². The highest BCUT2D eigenvalue weighted by molar-refractivity contribution is 5.49. The molecule has 0 amide bonds. The van der Waals surface area contributed by atoms with E-state index in [0.717, 1.165) is 38.0 Å². The molecule has 0 spiro atoms. The second-order valence-corrected chi connectivity index (χ2v) is 4.23. The molecule has 1 heterocycles. The zero-order valence-corrected chi connectivity index (χ0v) is 11.3. The predicted molar refractivity (Wildman–Crippen MR) is 74.6 cm³/mol. The number of aliphatic hydroxyl groups excluding tert-OH is 1. The van der Waals surface area contributed by atoms with Crippen molar-refractivity contribution in [2.75, 3.05) is 18.0 Å². The number of nitriles is 1. The van der Waals surface area contributed by atoms with Crippen molar-refractivity contribution in [2.45, 2.75) is 39.2 Å². The minimum absolute atomic E-state index is 0.150. The van der Waals surface area contributed by atoms with Crippen LogP contribution in [0.25, 0.3) is 0 Å². The van der Waals surface area contributed by atoms with Crippen LogP contribution >= 0.6 is 0 Å². The van der Waals surface area contributed by atoms with Crippen molar-refractivity contribution in [1.29, 1.82) is 5.26 Å². The molecule has 0 saturated carbocycles. The summed E-state index contributed by atoms with van der Waals surface area (Å²) in [6, 6.07) is 9.77. The first-order valence-electron chi connectivity index (χ1n) is 6.73. The van der Waals surface area contributed by atoms with E-state index in [9.17, 15) is 5.11 Å². The Bertz CT molecular complexity index is 380. The lowest BCUT2D eigenvalue weighted by atomic mass is 10.2. The molecule has 2 rings (SSSR count). The van der Waals surface area contributed by atoms with Crippen LogP contribution in [0.2, 0.25) is 0 Å². The van der Waals surface area contributed by atoms with Crippen LogP contribution in [0.4, 0.5) is 5.69 Å². The van der Waals surface area contributed by atoms with E-state index in [4.69, 9.17) is 5.26 Å². The van der Waals surface area contributed by atoms with E-state index in [-0.39, 0.29) is 6.10 Å². The van der Waals surface area contributed by atoms with Gasteiger partial charge in [-0.1, -0.05) is 13.8 Å². The first-order chi connectivity index (χ1) is 8.79. The molecule has 0 aliphatic carbocycles. The maximum absolute atomic E-state index is 9.57. The summed E-state index contributed by atoms with van der Waals surface area (Å²) >= 11 is 0.